The van der Waals surface area contributed by atoms with Crippen molar-refractivity contribution in [3.63, 3.8) is 0 Å². The zero-order valence-electron chi connectivity index (χ0n) is 15.5. The number of hydrogen-bond donors (Lipinski definition) is 2. The minimum Gasteiger partial charge on any atom is -0.323 e. The van der Waals surface area contributed by atoms with E-state index in [2.05, 4.69) is 15.7 Å². The van der Waals surface area contributed by atoms with Gasteiger partial charge in [-0.25, -0.2) is 4.68 Å². The van der Waals surface area contributed by atoms with Crippen LogP contribution in [0.5, 0.6) is 0 Å². The average Bonchev–Trinajstić information content (AvgIpc) is 3.17. The van der Waals surface area contributed by atoms with Gasteiger partial charge in [0.15, 0.2) is 4.75 Å². The summed E-state index contributed by atoms with van der Waals surface area (Å²) in [6.45, 7) is 3.65. The molecular weight excluding hydrogens is 372 g/mol. The maximum Gasteiger partial charge on any atom is 0.251 e. The van der Waals surface area contributed by atoms with Gasteiger partial charge < -0.3 is 10.6 Å². The first kappa shape index (κ1) is 18.3. The molecule has 28 heavy (non-hydrogen) atoms. The van der Waals surface area contributed by atoms with Gasteiger partial charge in [-0.2, -0.15) is 5.10 Å². The Labute approximate surface area is 167 Å². The summed E-state index contributed by atoms with van der Waals surface area (Å²) in [4.78, 5) is 26.6. The molecule has 0 saturated heterocycles. The Morgan fingerprint density at radius 1 is 1.14 bits per heavy atom. The highest BCUT2D eigenvalue weighted by atomic mass is 32.2. The van der Waals surface area contributed by atoms with Gasteiger partial charge in [0.2, 0.25) is 5.91 Å². The van der Waals surface area contributed by atoms with Crippen molar-refractivity contribution in [1.82, 2.24) is 9.78 Å². The topological polar surface area (TPSA) is 76.0 Å². The molecule has 1 aromatic heterocycles. The average molecular weight is 392 g/mol. The number of hydrogen-bond acceptors (Lipinski definition) is 4. The van der Waals surface area contributed by atoms with E-state index >= 15 is 0 Å². The maximum absolute atomic E-state index is 13.1. The van der Waals surface area contributed by atoms with E-state index in [1.807, 2.05) is 61.5 Å². The fraction of sp³-hybridized carbons (Fsp3) is 0.190. The second-order valence-electron chi connectivity index (χ2n) is 6.79. The Morgan fingerprint density at radius 3 is 2.64 bits per heavy atom. The summed E-state index contributed by atoms with van der Waals surface area (Å²) in [5.74, 6) is -0.169. The molecule has 0 bridgehead atoms. The summed E-state index contributed by atoms with van der Waals surface area (Å²) >= 11 is 1.25. The van der Waals surface area contributed by atoms with Crippen molar-refractivity contribution in [2.45, 2.75) is 29.5 Å². The van der Waals surface area contributed by atoms with Crippen LogP contribution in [-0.4, -0.2) is 26.3 Å². The Hall–Kier alpha value is -3.06. The molecule has 142 valence electrons. The predicted molar refractivity (Wildman–Crippen MR) is 110 cm³/mol. The Kier molecular flexibility index (Phi) is 4.68. The Morgan fingerprint density at radius 2 is 1.86 bits per heavy atom. The van der Waals surface area contributed by atoms with Gasteiger partial charge in [0.05, 0.1) is 17.9 Å². The number of amides is 2. The largest absolute Gasteiger partial charge is 0.323 e. The molecule has 4 rings (SSSR count). The molecule has 2 amide bonds. The number of aromatic nitrogens is 2. The highest BCUT2D eigenvalue weighted by molar-refractivity contribution is 8.02. The van der Waals surface area contributed by atoms with Crippen LogP contribution in [-0.2, 0) is 9.59 Å². The molecular formula is C21H20N4O2S. The molecule has 2 heterocycles. The number of thioether (sulfide) groups is 1. The van der Waals surface area contributed by atoms with E-state index in [1.54, 1.807) is 23.9 Å². The molecule has 0 radical (unpaired) electrons. The molecule has 1 aliphatic heterocycles. The van der Waals surface area contributed by atoms with Gasteiger partial charge in [-0.05, 0) is 31.5 Å². The molecule has 2 unspecified atom stereocenters. The monoisotopic (exact) mass is 392 g/mol. The fourth-order valence-electron chi connectivity index (χ4n) is 3.15. The summed E-state index contributed by atoms with van der Waals surface area (Å²) in [5.41, 5.74) is 1.80. The minimum atomic E-state index is -1.28. The van der Waals surface area contributed by atoms with Crippen LogP contribution in [0.4, 0.5) is 11.5 Å². The smallest absolute Gasteiger partial charge is 0.251 e. The van der Waals surface area contributed by atoms with E-state index in [4.69, 9.17) is 0 Å². The summed E-state index contributed by atoms with van der Waals surface area (Å²) < 4.78 is 0.468. The summed E-state index contributed by atoms with van der Waals surface area (Å²) in [7, 11) is 0. The van der Waals surface area contributed by atoms with Gasteiger partial charge >= 0.3 is 0 Å². The zero-order chi connectivity index (χ0) is 19.7. The number of anilines is 2. The van der Waals surface area contributed by atoms with Gasteiger partial charge in [-0.15, -0.1) is 0 Å². The molecule has 0 spiro atoms. The molecule has 1 aliphatic rings. The maximum atomic E-state index is 13.1. The van der Waals surface area contributed by atoms with Crippen LogP contribution >= 0.6 is 11.8 Å². The van der Waals surface area contributed by atoms with Gasteiger partial charge in [0, 0.05) is 11.0 Å². The summed E-state index contributed by atoms with van der Waals surface area (Å²) in [6, 6.07) is 19.1. The number of para-hydroxylation sites is 1. The van der Waals surface area contributed by atoms with Crippen LogP contribution in [0.25, 0.3) is 0 Å². The second kappa shape index (κ2) is 7.16. The normalized spacial score (nSPS) is 19.4. The molecule has 0 fully saturated rings. The number of carbonyl (C=O) groups excluding carboxylic acids is 2. The second-order valence-corrected chi connectivity index (χ2v) is 8.25. The summed E-state index contributed by atoms with van der Waals surface area (Å²) in [5, 5.41) is 10.1. The predicted octanol–water partition coefficient (Wildman–Crippen LogP) is 3.93. The SMILES string of the molecule is CC(c1ccccc1)n1nccc1NC(=O)C1(C)Sc2ccccc2NC1=O. The minimum absolute atomic E-state index is 0.0622. The Bertz CT molecular complexity index is 1030. The number of nitrogens with zero attached hydrogens (tertiary/aromatic N) is 2. The number of rotatable bonds is 4. The van der Waals surface area contributed by atoms with Crippen molar-refractivity contribution in [1.29, 1.82) is 0 Å². The molecule has 0 aliphatic carbocycles. The Balaban J connectivity index is 1.58. The van der Waals surface area contributed by atoms with Crippen LogP contribution in [0.2, 0.25) is 0 Å². The van der Waals surface area contributed by atoms with Crippen LogP contribution in [0.1, 0.15) is 25.5 Å². The van der Waals surface area contributed by atoms with Gasteiger partial charge in [-0.3, -0.25) is 9.59 Å². The number of nitrogens with one attached hydrogen (secondary N) is 2. The molecule has 2 aromatic carbocycles. The van der Waals surface area contributed by atoms with Crippen molar-refractivity contribution in [2.75, 3.05) is 10.6 Å². The molecule has 6 nitrogen and oxygen atoms in total. The lowest BCUT2D eigenvalue weighted by Gasteiger charge is -2.32. The first-order valence-electron chi connectivity index (χ1n) is 8.98. The third kappa shape index (κ3) is 3.18. The van der Waals surface area contributed by atoms with Crippen LogP contribution in [0, 0.1) is 0 Å². The van der Waals surface area contributed by atoms with Crippen LogP contribution in [0.15, 0.2) is 71.8 Å². The van der Waals surface area contributed by atoms with E-state index < -0.39 is 4.75 Å². The van der Waals surface area contributed by atoms with E-state index in [0.29, 0.717) is 5.82 Å². The quantitative estimate of drug-likeness (QED) is 0.660. The van der Waals surface area contributed by atoms with E-state index in [9.17, 15) is 9.59 Å². The lowest BCUT2D eigenvalue weighted by Crippen LogP contribution is -2.49. The van der Waals surface area contributed by atoms with E-state index in [1.165, 1.54) is 11.8 Å². The van der Waals surface area contributed by atoms with Gasteiger partial charge in [0.25, 0.3) is 5.91 Å². The van der Waals surface area contributed by atoms with Crippen molar-refractivity contribution >= 4 is 35.1 Å². The number of benzene rings is 2. The van der Waals surface area contributed by atoms with E-state index in [-0.39, 0.29) is 17.9 Å². The van der Waals surface area contributed by atoms with Crippen molar-refractivity contribution in [2.24, 2.45) is 0 Å². The first-order chi connectivity index (χ1) is 13.5. The highest BCUT2D eigenvalue weighted by Gasteiger charge is 2.46. The highest BCUT2D eigenvalue weighted by Crippen LogP contribution is 2.42. The molecule has 7 heteroatoms. The third-order valence-electron chi connectivity index (χ3n) is 4.88. The van der Waals surface area contributed by atoms with Crippen LogP contribution in [0.3, 0.4) is 0 Å². The molecule has 2 atom stereocenters. The van der Waals surface area contributed by atoms with E-state index in [0.717, 1.165) is 16.1 Å². The zero-order valence-corrected chi connectivity index (χ0v) is 16.4. The molecule has 2 N–H and O–H groups in total. The van der Waals surface area contributed by atoms with Crippen molar-refractivity contribution in [3.8, 4) is 0 Å². The lowest BCUT2D eigenvalue weighted by molar-refractivity contribution is -0.126. The van der Waals surface area contributed by atoms with Crippen molar-refractivity contribution in [3.05, 3.63) is 72.4 Å². The van der Waals surface area contributed by atoms with Gasteiger partial charge in [-0.1, -0.05) is 54.2 Å². The van der Waals surface area contributed by atoms with Crippen LogP contribution < -0.4 is 10.6 Å². The first-order valence-corrected chi connectivity index (χ1v) is 9.80. The standard InChI is InChI=1S/C21H20N4O2S/c1-14(15-8-4-3-5-9-15)25-18(12-13-22-25)24-20(27)21(2)19(26)23-16-10-6-7-11-17(16)28-21/h3-14H,1-2H3,(H,23,26)(H,24,27). The molecule has 0 saturated carbocycles. The summed E-state index contributed by atoms with van der Waals surface area (Å²) in [6.07, 6.45) is 1.64. The van der Waals surface area contributed by atoms with Gasteiger partial charge in [0.1, 0.15) is 5.82 Å². The third-order valence-corrected chi connectivity index (χ3v) is 6.23. The fourth-order valence-corrected chi connectivity index (χ4v) is 4.25. The molecule has 3 aromatic rings. The number of fused-ring (bicyclic) bond motifs is 1. The van der Waals surface area contributed by atoms with Crippen molar-refractivity contribution < 1.29 is 9.59 Å². The number of carbonyl (C=O) groups is 2. The lowest BCUT2D eigenvalue weighted by atomic mass is 10.1.